The summed E-state index contributed by atoms with van der Waals surface area (Å²) in [6.45, 7) is 4.72. The predicted octanol–water partition coefficient (Wildman–Crippen LogP) is 3.24. The highest BCUT2D eigenvalue weighted by molar-refractivity contribution is 5.99. The predicted molar refractivity (Wildman–Crippen MR) is 103 cm³/mol. The largest absolute Gasteiger partial charge is 0.486 e. The highest BCUT2D eigenvalue weighted by Crippen LogP contribution is 2.32. The van der Waals surface area contributed by atoms with E-state index in [-0.39, 0.29) is 11.8 Å². The lowest BCUT2D eigenvalue weighted by atomic mass is 10.0. The Morgan fingerprint density at radius 1 is 0.889 bits per heavy atom. The number of hydrogen-bond acceptors (Lipinski definition) is 4. The molecule has 2 aromatic carbocycles. The van der Waals surface area contributed by atoms with E-state index < -0.39 is 12.1 Å². The Balaban J connectivity index is 1.64. The molecule has 7 nitrogen and oxygen atoms in total. The summed E-state index contributed by atoms with van der Waals surface area (Å²) in [6, 6.07) is 13.2. The van der Waals surface area contributed by atoms with Crippen LogP contribution in [0.5, 0.6) is 11.5 Å². The molecule has 1 aliphatic heterocycles. The number of amides is 3. The smallest absolute Gasteiger partial charge is 0.319 e. The summed E-state index contributed by atoms with van der Waals surface area (Å²) in [5.41, 5.74) is 1.24. The van der Waals surface area contributed by atoms with Crippen molar-refractivity contribution >= 4 is 23.3 Å². The monoisotopic (exact) mass is 369 g/mol. The van der Waals surface area contributed by atoms with E-state index in [1.165, 1.54) is 0 Å². The van der Waals surface area contributed by atoms with Crippen LogP contribution >= 0.6 is 0 Å². The number of para-hydroxylation sites is 1. The molecule has 7 heteroatoms. The molecule has 0 fully saturated rings. The first kappa shape index (κ1) is 18.6. The van der Waals surface area contributed by atoms with Crippen molar-refractivity contribution in [1.82, 2.24) is 5.32 Å². The maximum absolute atomic E-state index is 12.7. The molecular formula is C20H23N3O4. The maximum Gasteiger partial charge on any atom is 0.319 e. The van der Waals surface area contributed by atoms with Crippen molar-refractivity contribution in [3.05, 3.63) is 48.5 Å². The van der Waals surface area contributed by atoms with Gasteiger partial charge in [0.25, 0.3) is 0 Å². The van der Waals surface area contributed by atoms with Gasteiger partial charge in [0.2, 0.25) is 5.91 Å². The van der Waals surface area contributed by atoms with Gasteiger partial charge in [0.15, 0.2) is 11.5 Å². The SMILES string of the molecule is CC(C)[C@@H](NC(=O)Nc1ccccc1)C(=O)Nc1ccc2c(c1)OCCO2. The molecule has 27 heavy (non-hydrogen) atoms. The molecule has 1 atom stereocenters. The lowest BCUT2D eigenvalue weighted by molar-refractivity contribution is -0.118. The van der Waals surface area contributed by atoms with Crippen molar-refractivity contribution in [2.24, 2.45) is 5.92 Å². The standard InChI is InChI=1S/C20H23N3O4/c1-13(2)18(23-20(25)22-14-6-4-3-5-7-14)19(24)21-15-8-9-16-17(12-15)27-11-10-26-16/h3-9,12-13,18H,10-11H2,1-2H3,(H,21,24)(H2,22,23,25)/t18-/m1/s1. The minimum Gasteiger partial charge on any atom is -0.486 e. The second-order valence-corrected chi connectivity index (χ2v) is 6.53. The topological polar surface area (TPSA) is 88.7 Å². The Bertz CT molecular complexity index is 808. The molecule has 3 amide bonds. The van der Waals surface area contributed by atoms with Crippen molar-refractivity contribution in [1.29, 1.82) is 0 Å². The van der Waals surface area contributed by atoms with Crippen LogP contribution in [0.15, 0.2) is 48.5 Å². The van der Waals surface area contributed by atoms with Crippen LogP contribution in [-0.2, 0) is 4.79 Å². The van der Waals surface area contributed by atoms with E-state index in [9.17, 15) is 9.59 Å². The van der Waals surface area contributed by atoms with Gasteiger partial charge in [0.1, 0.15) is 19.3 Å². The number of benzene rings is 2. The van der Waals surface area contributed by atoms with Crippen molar-refractivity contribution in [3.8, 4) is 11.5 Å². The average Bonchev–Trinajstić information content (AvgIpc) is 2.66. The Hall–Kier alpha value is -3.22. The Labute approximate surface area is 158 Å². The van der Waals surface area contributed by atoms with Crippen LogP contribution in [0, 0.1) is 5.92 Å². The average molecular weight is 369 g/mol. The molecule has 3 rings (SSSR count). The fourth-order valence-electron chi connectivity index (χ4n) is 2.71. The van der Waals surface area contributed by atoms with E-state index in [2.05, 4.69) is 16.0 Å². The van der Waals surface area contributed by atoms with E-state index in [0.717, 1.165) is 0 Å². The molecule has 142 valence electrons. The van der Waals surface area contributed by atoms with Gasteiger partial charge in [-0.25, -0.2) is 4.79 Å². The Morgan fingerprint density at radius 2 is 1.59 bits per heavy atom. The van der Waals surface area contributed by atoms with Crippen molar-refractivity contribution in [2.45, 2.75) is 19.9 Å². The van der Waals surface area contributed by atoms with Gasteiger partial charge in [-0.3, -0.25) is 4.79 Å². The maximum atomic E-state index is 12.7. The molecule has 0 saturated heterocycles. The van der Waals surface area contributed by atoms with E-state index in [4.69, 9.17) is 9.47 Å². The summed E-state index contributed by atoms with van der Waals surface area (Å²) in [5.74, 6) is 0.851. The minimum atomic E-state index is -0.693. The second-order valence-electron chi connectivity index (χ2n) is 6.53. The number of anilines is 2. The highest BCUT2D eigenvalue weighted by Gasteiger charge is 2.25. The second kappa shape index (κ2) is 8.44. The molecule has 1 aliphatic rings. The summed E-state index contributed by atoms with van der Waals surface area (Å²) in [4.78, 5) is 24.9. The number of hydrogen-bond donors (Lipinski definition) is 3. The molecule has 2 aromatic rings. The first-order chi connectivity index (χ1) is 13.0. The number of rotatable bonds is 5. The molecule has 0 spiro atoms. The molecular weight excluding hydrogens is 346 g/mol. The molecule has 0 saturated carbocycles. The molecule has 1 heterocycles. The lowest BCUT2D eigenvalue weighted by Crippen LogP contribution is -2.48. The summed E-state index contributed by atoms with van der Waals surface area (Å²) in [6.07, 6.45) is 0. The quantitative estimate of drug-likeness (QED) is 0.755. The first-order valence-electron chi connectivity index (χ1n) is 8.86. The number of nitrogens with one attached hydrogen (secondary N) is 3. The Kier molecular flexibility index (Phi) is 5.80. The van der Waals surface area contributed by atoms with Crippen molar-refractivity contribution in [3.63, 3.8) is 0 Å². The zero-order chi connectivity index (χ0) is 19.2. The number of fused-ring (bicyclic) bond motifs is 1. The van der Waals surface area contributed by atoms with Crippen LogP contribution in [0.4, 0.5) is 16.2 Å². The van der Waals surface area contributed by atoms with E-state index in [1.54, 1.807) is 30.3 Å². The van der Waals surface area contributed by atoms with Crippen LogP contribution in [0.3, 0.4) is 0 Å². The summed E-state index contributed by atoms with van der Waals surface area (Å²) >= 11 is 0. The van der Waals surface area contributed by atoms with Gasteiger partial charge >= 0.3 is 6.03 Å². The molecule has 0 bridgehead atoms. The third-order valence-electron chi connectivity index (χ3n) is 4.08. The van der Waals surface area contributed by atoms with Crippen LogP contribution in [0.25, 0.3) is 0 Å². The molecule has 0 radical (unpaired) electrons. The first-order valence-corrected chi connectivity index (χ1v) is 8.86. The summed E-state index contributed by atoms with van der Waals surface area (Å²) in [7, 11) is 0. The summed E-state index contributed by atoms with van der Waals surface area (Å²) < 4.78 is 11.0. The molecule has 0 aliphatic carbocycles. The van der Waals surface area contributed by atoms with Gasteiger partial charge < -0.3 is 25.4 Å². The minimum absolute atomic E-state index is 0.0938. The zero-order valence-electron chi connectivity index (χ0n) is 15.3. The fraction of sp³-hybridized carbons (Fsp3) is 0.300. The van der Waals surface area contributed by atoms with E-state index in [0.29, 0.717) is 36.1 Å². The van der Waals surface area contributed by atoms with E-state index >= 15 is 0 Å². The van der Waals surface area contributed by atoms with Gasteiger partial charge in [-0.1, -0.05) is 32.0 Å². The van der Waals surface area contributed by atoms with Crippen LogP contribution in [-0.4, -0.2) is 31.2 Å². The molecule has 0 aromatic heterocycles. The third kappa shape index (κ3) is 4.91. The van der Waals surface area contributed by atoms with Gasteiger partial charge in [-0.15, -0.1) is 0 Å². The highest BCUT2D eigenvalue weighted by atomic mass is 16.6. The van der Waals surface area contributed by atoms with Crippen LogP contribution in [0.2, 0.25) is 0 Å². The van der Waals surface area contributed by atoms with E-state index in [1.807, 2.05) is 32.0 Å². The third-order valence-corrected chi connectivity index (χ3v) is 4.08. The van der Waals surface area contributed by atoms with Gasteiger partial charge in [0, 0.05) is 17.4 Å². The summed E-state index contributed by atoms with van der Waals surface area (Å²) in [5, 5.41) is 8.28. The van der Waals surface area contributed by atoms with Crippen molar-refractivity contribution in [2.75, 3.05) is 23.8 Å². The van der Waals surface area contributed by atoms with Gasteiger partial charge in [-0.05, 0) is 30.2 Å². The molecule has 3 N–H and O–H groups in total. The fourth-order valence-corrected chi connectivity index (χ4v) is 2.71. The van der Waals surface area contributed by atoms with Crippen molar-refractivity contribution < 1.29 is 19.1 Å². The lowest BCUT2D eigenvalue weighted by Gasteiger charge is -2.23. The van der Waals surface area contributed by atoms with Gasteiger partial charge in [0.05, 0.1) is 0 Å². The normalized spacial score (nSPS) is 13.6. The number of ether oxygens (including phenoxy) is 2. The Morgan fingerprint density at radius 3 is 2.30 bits per heavy atom. The van der Waals surface area contributed by atoms with Crippen LogP contribution in [0.1, 0.15) is 13.8 Å². The number of carbonyl (C=O) groups is 2. The molecule has 0 unspecified atom stereocenters. The van der Waals surface area contributed by atoms with Gasteiger partial charge in [-0.2, -0.15) is 0 Å². The van der Waals surface area contributed by atoms with Crippen LogP contribution < -0.4 is 25.4 Å². The number of urea groups is 1. The zero-order valence-corrected chi connectivity index (χ0v) is 15.3. The number of carbonyl (C=O) groups excluding carboxylic acids is 2.